The zero-order valence-corrected chi connectivity index (χ0v) is 7.45. The van der Waals surface area contributed by atoms with E-state index < -0.39 is 5.91 Å². The van der Waals surface area contributed by atoms with Crippen molar-refractivity contribution in [2.45, 2.75) is 0 Å². The van der Waals surface area contributed by atoms with Gasteiger partial charge in [-0.25, -0.2) is 0 Å². The molecule has 0 atom stereocenters. The number of carbonyl (C=O) groups is 1. The largest absolute Gasteiger partial charge is 0.398 e. The summed E-state index contributed by atoms with van der Waals surface area (Å²) in [5.74, 6) is -0.458. The molecule has 0 spiro atoms. The highest BCUT2D eigenvalue weighted by molar-refractivity contribution is 5.79. The van der Waals surface area contributed by atoms with E-state index in [4.69, 9.17) is 16.7 Å². The first kappa shape index (κ1) is 9.86. The number of nitrogens with one attached hydrogen (secondary N) is 1. The van der Waals surface area contributed by atoms with Crippen molar-refractivity contribution in [3.05, 3.63) is 23.8 Å². The molecule has 0 aromatic heterocycles. The number of primary amides is 1. The average Bonchev–Trinajstić information content (AvgIpc) is 2.16. The molecule has 14 heavy (non-hydrogen) atoms. The van der Waals surface area contributed by atoms with Crippen LogP contribution in [0.1, 0.15) is 5.56 Å². The lowest BCUT2D eigenvalue weighted by atomic mass is 10.2. The van der Waals surface area contributed by atoms with Gasteiger partial charge in [0, 0.05) is 11.4 Å². The van der Waals surface area contributed by atoms with Crippen molar-refractivity contribution in [3.63, 3.8) is 0 Å². The fraction of sp³-hybridized carbons (Fsp3) is 0.111. The molecule has 1 aromatic rings. The lowest BCUT2D eigenvalue weighted by Crippen LogP contribution is -2.21. The van der Waals surface area contributed by atoms with E-state index in [1.54, 1.807) is 18.2 Å². The van der Waals surface area contributed by atoms with Crippen LogP contribution >= 0.6 is 0 Å². The number of hydrogen-bond acceptors (Lipinski definition) is 4. The lowest BCUT2D eigenvalue weighted by molar-refractivity contribution is -0.116. The molecular weight excluding hydrogens is 180 g/mol. The molecule has 0 saturated heterocycles. The lowest BCUT2D eigenvalue weighted by Gasteiger charge is -2.04. The molecule has 0 bridgehead atoms. The van der Waals surface area contributed by atoms with Crippen LogP contribution in [0, 0.1) is 11.3 Å². The fourth-order valence-electron chi connectivity index (χ4n) is 0.952. The van der Waals surface area contributed by atoms with Gasteiger partial charge in [-0.1, -0.05) is 0 Å². The summed E-state index contributed by atoms with van der Waals surface area (Å²) in [5.41, 5.74) is 11.9. The van der Waals surface area contributed by atoms with E-state index in [0.29, 0.717) is 16.9 Å². The summed E-state index contributed by atoms with van der Waals surface area (Å²) in [7, 11) is 0. The molecule has 0 aliphatic carbocycles. The van der Waals surface area contributed by atoms with E-state index in [0.717, 1.165) is 0 Å². The normalized spacial score (nSPS) is 9.07. The van der Waals surface area contributed by atoms with Crippen molar-refractivity contribution in [2.24, 2.45) is 5.73 Å². The number of nitrogens with zero attached hydrogens (tertiary/aromatic N) is 1. The van der Waals surface area contributed by atoms with Crippen LogP contribution in [-0.2, 0) is 4.79 Å². The highest BCUT2D eigenvalue weighted by Crippen LogP contribution is 2.16. The molecule has 1 aromatic carbocycles. The molecule has 0 unspecified atom stereocenters. The second kappa shape index (κ2) is 4.14. The van der Waals surface area contributed by atoms with Crippen LogP contribution < -0.4 is 16.8 Å². The predicted molar refractivity (Wildman–Crippen MR) is 53.3 cm³/mol. The van der Waals surface area contributed by atoms with Crippen LogP contribution in [-0.4, -0.2) is 12.5 Å². The maximum absolute atomic E-state index is 10.5. The Bertz CT molecular complexity index is 394. The molecule has 72 valence electrons. The molecule has 0 radical (unpaired) electrons. The first-order valence-electron chi connectivity index (χ1n) is 3.95. The van der Waals surface area contributed by atoms with Crippen molar-refractivity contribution in [1.82, 2.24) is 0 Å². The van der Waals surface area contributed by atoms with E-state index in [-0.39, 0.29) is 6.54 Å². The van der Waals surface area contributed by atoms with Crippen LogP contribution in [0.15, 0.2) is 18.2 Å². The summed E-state index contributed by atoms with van der Waals surface area (Å²) in [6.07, 6.45) is 0. The van der Waals surface area contributed by atoms with E-state index in [1.807, 2.05) is 6.07 Å². The van der Waals surface area contributed by atoms with Crippen LogP contribution in [0.3, 0.4) is 0 Å². The summed E-state index contributed by atoms with van der Waals surface area (Å²) in [4.78, 5) is 10.5. The molecule has 0 aliphatic heterocycles. The van der Waals surface area contributed by atoms with Gasteiger partial charge in [0.05, 0.1) is 12.1 Å². The standard InChI is InChI=1S/C9H10N4O/c10-4-6-3-7(1-2-8(6)11)13-5-9(12)14/h1-3,13H,5,11H2,(H2,12,14). The number of amides is 1. The molecule has 5 heteroatoms. The highest BCUT2D eigenvalue weighted by Gasteiger charge is 2.00. The maximum Gasteiger partial charge on any atom is 0.236 e. The Morgan fingerprint density at radius 1 is 1.57 bits per heavy atom. The van der Waals surface area contributed by atoms with Crippen molar-refractivity contribution in [1.29, 1.82) is 5.26 Å². The van der Waals surface area contributed by atoms with Crippen LogP contribution in [0.4, 0.5) is 11.4 Å². The van der Waals surface area contributed by atoms with Crippen LogP contribution in [0.5, 0.6) is 0 Å². The number of anilines is 2. The highest BCUT2D eigenvalue weighted by atomic mass is 16.1. The first-order chi connectivity index (χ1) is 6.63. The molecule has 1 amide bonds. The first-order valence-corrected chi connectivity index (χ1v) is 3.95. The Morgan fingerprint density at radius 2 is 2.29 bits per heavy atom. The minimum Gasteiger partial charge on any atom is -0.398 e. The Hall–Kier alpha value is -2.22. The van der Waals surface area contributed by atoms with Gasteiger partial charge in [-0.15, -0.1) is 0 Å². The fourth-order valence-corrected chi connectivity index (χ4v) is 0.952. The summed E-state index contributed by atoms with van der Waals surface area (Å²) in [6.45, 7) is 0.0365. The number of hydrogen-bond donors (Lipinski definition) is 3. The second-order valence-electron chi connectivity index (χ2n) is 2.73. The van der Waals surface area contributed by atoms with E-state index in [1.165, 1.54) is 0 Å². The van der Waals surface area contributed by atoms with Gasteiger partial charge in [-0.3, -0.25) is 4.79 Å². The molecule has 5 N–H and O–H groups in total. The van der Waals surface area contributed by atoms with E-state index in [2.05, 4.69) is 5.32 Å². The minimum atomic E-state index is -0.458. The van der Waals surface area contributed by atoms with E-state index in [9.17, 15) is 4.79 Å². The number of nitriles is 1. The Morgan fingerprint density at radius 3 is 2.86 bits per heavy atom. The third-order valence-corrected chi connectivity index (χ3v) is 1.64. The van der Waals surface area contributed by atoms with Crippen LogP contribution in [0.25, 0.3) is 0 Å². The number of benzene rings is 1. The molecule has 0 fully saturated rings. The summed E-state index contributed by atoms with van der Waals surface area (Å²) >= 11 is 0. The van der Waals surface area contributed by atoms with Gasteiger partial charge < -0.3 is 16.8 Å². The van der Waals surface area contributed by atoms with E-state index >= 15 is 0 Å². The third-order valence-electron chi connectivity index (χ3n) is 1.64. The number of nitrogen functional groups attached to an aromatic ring is 1. The average molecular weight is 190 g/mol. The number of nitrogens with two attached hydrogens (primary N) is 2. The number of carbonyl (C=O) groups excluding carboxylic acids is 1. The quantitative estimate of drug-likeness (QED) is 0.585. The topological polar surface area (TPSA) is 105 Å². The van der Waals surface area contributed by atoms with Crippen molar-refractivity contribution in [2.75, 3.05) is 17.6 Å². The molecular formula is C9H10N4O. The van der Waals surface area contributed by atoms with Gasteiger partial charge in [0.2, 0.25) is 5.91 Å². The monoisotopic (exact) mass is 190 g/mol. The zero-order chi connectivity index (χ0) is 10.6. The Labute approximate surface area is 81.3 Å². The summed E-state index contributed by atoms with van der Waals surface area (Å²) in [5, 5.41) is 11.4. The van der Waals surface area contributed by atoms with Gasteiger partial charge in [-0.05, 0) is 18.2 Å². The Kier molecular flexibility index (Phi) is 2.92. The zero-order valence-electron chi connectivity index (χ0n) is 7.45. The number of rotatable bonds is 3. The molecule has 1 rings (SSSR count). The Balaban J connectivity index is 2.80. The van der Waals surface area contributed by atoms with Gasteiger partial charge in [0.1, 0.15) is 6.07 Å². The maximum atomic E-state index is 10.5. The van der Waals surface area contributed by atoms with Gasteiger partial charge >= 0.3 is 0 Å². The van der Waals surface area contributed by atoms with Crippen molar-refractivity contribution >= 4 is 17.3 Å². The summed E-state index contributed by atoms with van der Waals surface area (Å²) < 4.78 is 0. The van der Waals surface area contributed by atoms with Crippen LogP contribution in [0.2, 0.25) is 0 Å². The van der Waals surface area contributed by atoms with Crippen molar-refractivity contribution in [3.8, 4) is 6.07 Å². The molecule has 5 nitrogen and oxygen atoms in total. The SMILES string of the molecule is N#Cc1cc(NCC(N)=O)ccc1N. The van der Waals surface area contributed by atoms with Gasteiger partial charge in [-0.2, -0.15) is 5.26 Å². The second-order valence-corrected chi connectivity index (χ2v) is 2.73. The minimum absolute atomic E-state index is 0.0365. The van der Waals surface area contributed by atoms with Gasteiger partial charge in [0.15, 0.2) is 0 Å². The predicted octanol–water partition coefficient (Wildman–Crippen LogP) is 0.0377. The molecule has 0 aliphatic rings. The summed E-state index contributed by atoms with van der Waals surface area (Å²) in [6, 6.07) is 6.79. The third kappa shape index (κ3) is 2.38. The van der Waals surface area contributed by atoms with Crippen molar-refractivity contribution < 1.29 is 4.79 Å². The molecule has 0 saturated carbocycles. The molecule has 0 heterocycles. The van der Waals surface area contributed by atoms with Gasteiger partial charge in [0.25, 0.3) is 0 Å². The smallest absolute Gasteiger partial charge is 0.236 e.